The Morgan fingerprint density at radius 1 is 1.73 bits per heavy atom. The molecule has 0 saturated heterocycles. The molecule has 0 saturated carbocycles. The van der Waals surface area contributed by atoms with Crippen molar-refractivity contribution < 1.29 is 9.53 Å². The zero-order chi connectivity index (χ0) is 10.8. The van der Waals surface area contributed by atoms with E-state index in [0.29, 0.717) is 11.6 Å². The van der Waals surface area contributed by atoms with Gasteiger partial charge in [0.15, 0.2) is 10.3 Å². The molecule has 82 valence electrons. The minimum absolute atomic E-state index is 0.215. The summed E-state index contributed by atoms with van der Waals surface area (Å²) >= 11 is 7.62. The number of nitrogens with zero attached hydrogens (tertiary/aromatic N) is 2. The molecule has 1 aliphatic heterocycles. The predicted molar refractivity (Wildman–Crippen MR) is 58.0 cm³/mol. The maximum absolute atomic E-state index is 11.0. The van der Waals surface area contributed by atoms with Gasteiger partial charge in [0.2, 0.25) is 0 Å². The van der Waals surface area contributed by atoms with E-state index in [9.17, 15) is 4.79 Å². The van der Waals surface area contributed by atoms with E-state index in [2.05, 4.69) is 4.98 Å². The van der Waals surface area contributed by atoms with E-state index < -0.39 is 0 Å². The second-order valence-corrected chi connectivity index (χ2v) is 4.57. The summed E-state index contributed by atoms with van der Waals surface area (Å²) in [6.45, 7) is 2.87. The van der Waals surface area contributed by atoms with E-state index in [1.165, 1.54) is 0 Å². The van der Waals surface area contributed by atoms with E-state index in [0.717, 1.165) is 23.1 Å². The largest absolute Gasteiger partial charge is 0.459 e. The Balaban J connectivity index is 2.11. The summed E-state index contributed by atoms with van der Waals surface area (Å²) < 4.78 is 7.06. The lowest BCUT2D eigenvalue weighted by Crippen LogP contribution is -2.07. The van der Waals surface area contributed by atoms with Crippen molar-refractivity contribution in [3.63, 3.8) is 0 Å². The molecule has 0 unspecified atom stereocenters. The fourth-order valence-corrected chi connectivity index (χ4v) is 2.65. The number of carbonyl (C=O) groups excluding carboxylic acids is 1. The highest BCUT2D eigenvalue weighted by Crippen LogP contribution is 2.30. The van der Waals surface area contributed by atoms with Gasteiger partial charge in [0, 0.05) is 18.7 Å². The van der Waals surface area contributed by atoms with E-state index in [1.807, 2.05) is 4.57 Å². The summed E-state index contributed by atoms with van der Waals surface area (Å²) in [5.74, 6) is 0.793. The van der Waals surface area contributed by atoms with Crippen molar-refractivity contribution in [1.82, 2.24) is 9.55 Å². The van der Waals surface area contributed by atoms with Crippen molar-refractivity contribution >= 4 is 29.3 Å². The zero-order valence-electron chi connectivity index (χ0n) is 8.33. The van der Waals surface area contributed by atoms with E-state index in [4.69, 9.17) is 16.3 Å². The molecule has 0 radical (unpaired) electrons. The molecule has 2 heterocycles. The number of hydrogen-bond acceptors (Lipinski definition) is 4. The SMILES string of the molecule is CCC(=O)OCc1c(Cl)nc2n1CCS2. The van der Waals surface area contributed by atoms with E-state index >= 15 is 0 Å². The number of carbonyl (C=O) groups is 1. The average molecular weight is 247 g/mol. The van der Waals surface area contributed by atoms with Gasteiger partial charge in [0.1, 0.15) is 6.61 Å². The molecule has 1 aromatic heterocycles. The number of esters is 1. The molecule has 6 heteroatoms. The quantitative estimate of drug-likeness (QED) is 0.766. The molecule has 0 bridgehead atoms. The lowest BCUT2D eigenvalue weighted by atomic mass is 10.4. The highest BCUT2D eigenvalue weighted by Gasteiger charge is 2.21. The third-order valence-electron chi connectivity index (χ3n) is 2.19. The zero-order valence-corrected chi connectivity index (χ0v) is 9.90. The topological polar surface area (TPSA) is 44.1 Å². The maximum atomic E-state index is 11.0. The van der Waals surface area contributed by atoms with Crippen LogP contribution in [-0.2, 0) is 22.7 Å². The molecular weight excluding hydrogens is 236 g/mol. The summed E-state index contributed by atoms with van der Waals surface area (Å²) in [6.07, 6.45) is 0.382. The Hall–Kier alpha value is -0.680. The van der Waals surface area contributed by atoms with Crippen LogP contribution in [-0.4, -0.2) is 21.3 Å². The Morgan fingerprint density at radius 2 is 2.53 bits per heavy atom. The van der Waals surface area contributed by atoms with Gasteiger partial charge in [0.25, 0.3) is 0 Å². The van der Waals surface area contributed by atoms with Gasteiger partial charge < -0.3 is 9.30 Å². The van der Waals surface area contributed by atoms with Gasteiger partial charge in [-0.2, -0.15) is 0 Å². The Kier molecular flexibility index (Phi) is 3.21. The standard InChI is InChI=1S/C9H11ClN2O2S/c1-2-7(13)14-5-6-8(10)11-9-12(6)3-4-15-9/h2-5H2,1H3. The van der Waals surface area contributed by atoms with Crippen LogP contribution < -0.4 is 0 Å². The van der Waals surface area contributed by atoms with Gasteiger partial charge >= 0.3 is 5.97 Å². The van der Waals surface area contributed by atoms with Crippen molar-refractivity contribution in [2.45, 2.75) is 31.7 Å². The first-order valence-electron chi connectivity index (χ1n) is 4.75. The van der Waals surface area contributed by atoms with Crippen molar-refractivity contribution in [3.05, 3.63) is 10.8 Å². The molecule has 1 aliphatic rings. The number of aromatic nitrogens is 2. The first-order chi connectivity index (χ1) is 7.22. The van der Waals surface area contributed by atoms with Crippen LogP contribution in [0.1, 0.15) is 19.0 Å². The van der Waals surface area contributed by atoms with Crippen molar-refractivity contribution in [2.75, 3.05) is 5.75 Å². The second-order valence-electron chi connectivity index (χ2n) is 3.15. The van der Waals surface area contributed by atoms with E-state index in [1.54, 1.807) is 18.7 Å². The molecule has 0 N–H and O–H groups in total. The average Bonchev–Trinajstić information content (AvgIpc) is 2.75. The molecule has 4 nitrogen and oxygen atoms in total. The fraction of sp³-hybridized carbons (Fsp3) is 0.556. The van der Waals surface area contributed by atoms with Gasteiger partial charge in [-0.15, -0.1) is 0 Å². The number of hydrogen-bond donors (Lipinski definition) is 0. The lowest BCUT2D eigenvalue weighted by Gasteiger charge is -2.05. The molecule has 15 heavy (non-hydrogen) atoms. The number of ether oxygens (including phenoxy) is 1. The van der Waals surface area contributed by atoms with Crippen LogP contribution in [0.3, 0.4) is 0 Å². The first-order valence-corrected chi connectivity index (χ1v) is 6.12. The Bertz CT molecular complexity index is 392. The molecular formula is C9H11ClN2O2S. The number of imidazole rings is 1. The van der Waals surface area contributed by atoms with Gasteiger partial charge in [-0.3, -0.25) is 4.79 Å². The monoisotopic (exact) mass is 246 g/mol. The van der Waals surface area contributed by atoms with Gasteiger partial charge in [-0.25, -0.2) is 4.98 Å². The molecule has 0 fully saturated rings. The van der Waals surface area contributed by atoms with Crippen molar-refractivity contribution in [1.29, 1.82) is 0 Å². The van der Waals surface area contributed by atoms with Crippen LogP contribution >= 0.6 is 23.4 Å². The van der Waals surface area contributed by atoms with Gasteiger partial charge in [0.05, 0.1) is 5.69 Å². The Labute approximate surface area is 97.0 Å². The third-order valence-corrected chi connectivity index (χ3v) is 3.45. The molecule has 0 spiro atoms. The predicted octanol–water partition coefficient (Wildman–Crippen LogP) is 2.10. The minimum atomic E-state index is -0.215. The summed E-state index contributed by atoms with van der Waals surface area (Å²) in [5, 5.41) is 1.36. The summed E-state index contributed by atoms with van der Waals surface area (Å²) in [7, 11) is 0. The molecule has 0 aromatic carbocycles. The highest BCUT2D eigenvalue weighted by atomic mass is 35.5. The third kappa shape index (κ3) is 2.13. The van der Waals surface area contributed by atoms with Crippen LogP contribution in [0.2, 0.25) is 5.15 Å². The smallest absolute Gasteiger partial charge is 0.305 e. The van der Waals surface area contributed by atoms with Crippen LogP contribution in [0, 0.1) is 0 Å². The second kappa shape index (κ2) is 4.45. The van der Waals surface area contributed by atoms with E-state index in [-0.39, 0.29) is 12.6 Å². The van der Waals surface area contributed by atoms with Crippen LogP contribution in [0.5, 0.6) is 0 Å². The van der Waals surface area contributed by atoms with Crippen LogP contribution in [0.15, 0.2) is 5.16 Å². The minimum Gasteiger partial charge on any atom is -0.459 e. The van der Waals surface area contributed by atoms with Gasteiger partial charge in [-0.05, 0) is 0 Å². The lowest BCUT2D eigenvalue weighted by molar-refractivity contribution is -0.144. The number of halogens is 1. The molecule has 1 aromatic rings. The maximum Gasteiger partial charge on any atom is 0.305 e. The van der Waals surface area contributed by atoms with Crippen molar-refractivity contribution in [2.24, 2.45) is 0 Å². The molecule has 0 atom stereocenters. The molecule has 0 amide bonds. The molecule has 0 aliphatic carbocycles. The molecule has 2 rings (SSSR count). The normalized spacial score (nSPS) is 14.0. The summed E-state index contributed by atoms with van der Waals surface area (Å²) in [6, 6.07) is 0. The summed E-state index contributed by atoms with van der Waals surface area (Å²) in [4.78, 5) is 15.2. The highest BCUT2D eigenvalue weighted by molar-refractivity contribution is 7.99. The summed E-state index contributed by atoms with van der Waals surface area (Å²) in [5.41, 5.74) is 0.804. The Morgan fingerprint density at radius 3 is 3.27 bits per heavy atom. The van der Waals surface area contributed by atoms with Crippen molar-refractivity contribution in [3.8, 4) is 0 Å². The van der Waals surface area contributed by atoms with Crippen LogP contribution in [0.4, 0.5) is 0 Å². The first kappa shape index (κ1) is 10.8. The number of thioether (sulfide) groups is 1. The fourth-order valence-electron chi connectivity index (χ4n) is 1.39. The number of fused-ring (bicyclic) bond motifs is 1. The van der Waals surface area contributed by atoms with Crippen LogP contribution in [0.25, 0.3) is 0 Å². The number of rotatable bonds is 3. The van der Waals surface area contributed by atoms with Gasteiger partial charge in [-0.1, -0.05) is 30.3 Å².